The third kappa shape index (κ3) is 2.89. The normalized spacial score (nSPS) is 24.7. The Balaban J connectivity index is 1.54. The summed E-state index contributed by atoms with van der Waals surface area (Å²) in [5.74, 6) is 0.611. The Morgan fingerprint density at radius 3 is 2.76 bits per heavy atom. The van der Waals surface area contributed by atoms with Crippen molar-refractivity contribution in [3.63, 3.8) is 0 Å². The number of hydrogen-bond acceptors (Lipinski definition) is 5. The third-order valence-electron chi connectivity index (χ3n) is 5.85. The van der Waals surface area contributed by atoms with Gasteiger partial charge in [0.05, 0.1) is 27.7 Å². The van der Waals surface area contributed by atoms with Crippen LogP contribution in [0, 0.1) is 29.1 Å². The second kappa shape index (κ2) is 6.71. The lowest BCUT2D eigenvalue weighted by Crippen LogP contribution is -2.41. The Labute approximate surface area is 175 Å². The summed E-state index contributed by atoms with van der Waals surface area (Å²) in [6.45, 7) is 0. The predicted molar refractivity (Wildman–Crippen MR) is 113 cm³/mol. The van der Waals surface area contributed by atoms with Gasteiger partial charge in [0.2, 0.25) is 5.91 Å². The van der Waals surface area contributed by atoms with Crippen LogP contribution < -0.4 is 11.1 Å². The van der Waals surface area contributed by atoms with Gasteiger partial charge in [0.15, 0.2) is 5.65 Å². The topological polar surface area (TPSA) is 120 Å². The van der Waals surface area contributed by atoms with Gasteiger partial charge < -0.3 is 16.0 Å². The highest BCUT2D eigenvalue weighted by Gasteiger charge is 2.47. The molecule has 4 atom stereocenters. The number of aromatic amines is 1. The summed E-state index contributed by atoms with van der Waals surface area (Å²) in [7, 11) is 0. The maximum absolute atomic E-state index is 12.1. The van der Waals surface area contributed by atoms with Crippen LogP contribution in [-0.4, -0.2) is 26.9 Å². The number of allylic oxidation sites excluding steroid dienone is 1. The summed E-state index contributed by atoms with van der Waals surface area (Å²) < 4.78 is 0.776. The third-order valence-corrected chi connectivity index (χ3v) is 6.45. The van der Waals surface area contributed by atoms with Crippen LogP contribution in [0.4, 0.5) is 5.69 Å². The lowest BCUT2D eigenvalue weighted by Gasteiger charge is -2.28. The first-order valence-corrected chi connectivity index (χ1v) is 10.1. The van der Waals surface area contributed by atoms with E-state index in [-0.39, 0.29) is 29.7 Å². The fraction of sp³-hybridized carbons (Fsp3) is 0.238. The lowest BCUT2D eigenvalue weighted by atomic mass is 9.88. The van der Waals surface area contributed by atoms with Crippen molar-refractivity contribution in [3.8, 4) is 17.5 Å². The van der Waals surface area contributed by atoms with Crippen LogP contribution in [0.2, 0.25) is 0 Å². The lowest BCUT2D eigenvalue weighted by molar-refractivity contribution is -0.122. The van der Waals surface area contributed by atoms with E-state index in [1.807, 2.05) is 12.1 Å². The molecule has 3 aromatic rings. The van der Waals surface area contributed by atoms with E-state index in [4.69, 9.17) is 16.0 Å². The van der Waals surface area contributed by atoms with Crippen molar-refractivity contribution in [1.82, 2.24) is 15.0 Å². The second-order valence-electron chi connectivity index (χ2n) is 7.50. The van der Waals surface area contributed by atoms with Crippen LogP contribution in [0.25, 0.3) is 22.6 Å². The average molecular weight is 449 g/mol. The molecule has 0 spiro atoms. The number of pyridine rings is 1. The summed E-state index contributed by atoms with van der Waals surface area (Å²) in [6, 6.07) is 9.25. The monoisotopic (exact) mass is 448 g/mol. The molecular formula is C21H17BrN6O. The number of nitrogens with one attached hydrogen (secondary N) is 2. The first-order valence-electron chi connectivity index (χ1n) is 9.34. The Kier molecular flexibility index (Phi) is 4.14. The second-order valence-corrected chi connectivity index (χ2v) is 8.35. The van der Waals surface area contributed by atoms with Gasteiger partial charge in [-0.3, -0.25) is 4.79 Å². The molecule has 1 saturated carbocycles. The van der Waals surface area contributed by atoms with Crippen molar-refractivity contribution in [3.05, 3.63) is 52.7 Å². The largest absolute Gasteiger partial charge is 0.378 e. The molecule has 29 heavy (non-hydrogen) atoms. The number of imidazole rings is 1. The number of nitriles is 1. The van der Waals surface area contributed by atoms with Gasteiger partial charge >= 0.3 is 0 Å². The molecule has 1 aromatic carbocycles. The van der Waals surface area contributed by atoms with E-state index in [1.165, 1.54) is 0 Å². The van der Waals surface area contributed by atoms with Crippen LogP contribution >= 0.6 is 15.9 Å². The summed E-state index contributed by atoms with van der Waals surface area (Å²) in [6.07, 6.45) is 6.93. The van der Waals surface area contributed by atoms with Gasteiger partial charge in [0.1, 0.15) is 11.3 Å². The first kappa shape index (κ1) is 17.9. The number of amides is 1. The first-order chi connectivity index (χ1) is 14.0. The van der Waals surface area contributed by atoms with E-state index in [2.05, 4.69) is 49.4 Å². The van der Waals surface area contributed by atoms with Gasteiger partial charge in [0, 0.05) is 17.8 Å². The molecule has 7 nitrogen and oxygen atoms in total. The number of primary amides is 1. The standard InChI is InChI=1S/C21H17BrN6O/c22-14-9-25-21-18(27-20(28-21)11-3-1-10(8-23)2-4-11)17(14)26-16-13-6-5-12(7-13)15(16)19(24)29/h1-6,9,12-13,15-16H,7H2,(H2,24,29)(H2,25,26,27,28)/t12-,13+,15+,16-/m1/s1. The number of anilines is 1. The Morgan fingerprint density at radius 1 is 1.28 bits per heavy atom. The van der Waals surface area contributed by atoms with E-state index < -0.39 is 0 Å². The van der Waals surface area contributed by atoms with Gasteiger partial charge in [-0.1, -0.05) is 12.2 Å². The van der Waals surface area contributed by atoms with Crippen LogP contribution in [0.15, 0.2) is 47.1 Å². The number of nitrogens with zero attached hydrogens (tertiary/aromatic N) is 3. The smallest absolute Gasteiger partial charge is 0.223 e. The molecule has 2 aromatic heterocycles. The summed E-state index contributed by atoms with van der Waals surface area (Å²) >= 11 is 3.57. The van der Waals surface area contributed by atoms with Crippen LogP contribution in [0.5, 0.6) is 0 Å². The molecule has 0 radical (unpaired) electrons. The SMILES string of the molecule is N#Cc1ccc(-c2nc3c(N[C@H]4[C@@H](C(N)=O)[C@@H]5C=C[C@H]4C5)c(Br)cnc3[nH]2)cc1. The number of aromatic nitrogens is 3. The molecule has 0 aliphatic heterocycles. The number of carbonyl (C=O) groups excluding carboxylic acids is 1. The number of benzene rings is 1. The van der Waals surface area contributed by atoms with Gasteiger partial charge in [-0.25, -0.2) is 9.97 Å². The molecule has 0 unspecified atom stereocenters. The van der Waals surface area contributed by atoms with Crippen molar-refractivity contribution in [2.24, 2.45) is 23.5 Å². The molecule has 8 heteroatoms. The number of halogens is 1. The van der Waals surface area contributed by atoms with Crippen LogP contribution in [-0.2, 0) is 4.79 Å². The predicted octanol–water partition coefficient (Wildman–Crippen LogP) is 3.35. The highest BCUT2D eigenvalue weighted by atomic mass is 79.9. The zero-order chi connectivity index (χ0) is 20.1. The number of H-pyrrole nitrogens is 1. The molecule has 4 N–H and O–H groups in total. The molecule has 2 aliphatic rings. The van der Waals surface area contributed by atoms with Gasteiger partial charge in [-0.2, -0.15) is 5.26 Å². The van der Waals surface area contributed by atoms with Gasteiger partial charge in [-0.15, -0.1) is 0 Å². The number of nitrogens with two attached hydrogens (primary N) is 1. The van der Waals surface area contributed by atoms with E-state index in [1.54, 1.807) is 18.3 Å². The molecule has 144 valence electrons. The molecule has 1 fully saturated rings. The highest BCUT2D eigenvalue weighted by molar-refractivity contribution is 9.10. The molecule has 5 rings (SSSR count). The van der Waals surface area contributed by atoms with Crippen LogP contribution in [0.1, 0.15) is 12.0 Å². The van der Waals surface area contributed by atoms with Crippen LogP contribution in [0.3, 0.4) is 0 Å². The quantitative estimate of drug-likeness (QED) is 0.528. The number of hydrogen-bond donors (Lipinski definition) is 3. The zero-order valence-electron chi connectivity index (χ0n) is 15.3. The Hall–Kier alpha value is -3.18. The van der Waals surface area contributed by atoms with Crippen molar-refractivity contribution in [2.75, 3.05) is 5.32 Å². The van der Waals surface area contributed by atoms with Crippen molar-refractivity contribution >= 4 is 38.7 Å². The van der Waals surface area contributed by atoms with E-state index in [9.17, 15) is 4.79 Å². The molecule has 2 bridgehead atoms. The van der Waals surface area contributed by atoms with E-state index in [0.29, 0.717) is 22.6 Å². The van der Waals surface area contributed by atoms with Crippen molar-refractivity contribution < 1.29 is 4.79 Å². The molecule has 2 aliphatic carbocycles. The fourth-order valence-electron chi connectivity index (χ4n) is 4.48. The van der Waals surface area contributed by atoms with Crippen molar-refractivity contribution in [2.45, 2.75) is 12.5 Å². The fourth-order valence-corrected chi connectivity index (χ4v) is 4.89. The Bertz CT molecular complexity index is 1190. The highest BCUT2D eigenvalue weighted by Crippen LogP contribution is 2.46. The van der Waals surface area contributed by atoms with Gasteiger partial charge in [0.25, 0.3) is 0 Å². The molecule has 0 saturated heterocycles. The van der Waals surface area contributed by atoms with Gasteiger partial charge in [-0.05, 0) is 58.5 Å². The minimum absolute atomic E-state index is 0.0699. The summed E-state index contributed by atoms with van der Waals surface area (Å²) in [4.78, 5) is 24.5. The summed E-state index contributed by atoms with van der Waals surface area (Å²) in [5, 5.41) is 12.5. The maximum atomic E-state index is 12.1. The molecule has 2 heterocycles. The van der Waals surface area contributed by atoms with Crippen molar-refractivity contribution in [1.29, 1.82) is 5.26 Å². The number of rotatable bonds is 4. The summed E-state index contributed by atoms with van der Waals surface area (Å²) in [5.41, 5.74) is 9.28. The zero-order valence-corrected chi connectivity index (χ0v) is 16.8. The number of carbonyl (C=O) groups is 1. The number of fused-ring (bicyclic) bond motifs is 3. The minimum Gasteiger partial charge on any atom is -0.378 e. The minimum atomic E-state index is -0.277. The van der Waals surface area contributed by atoms with E-state index >= 15 is 0 Å². The Morgan fingerprint density at radius 2 is 2.03 bits per heavy atom. The molecule has 1 amide bonds. The molecular weight excluding hydrogens is 432 g/mol. The maximum Gasteiger partial charge on any atom is 0.223 e. The average Bonchev–Trinajstić information content (AvgIpc) is 3.44. The van der Waals surface area contributed by atoms with E-state index in [0.717, 1.165) is 22.1 Å².